The normalized spacial score (nSPS) is 21.3. The second-order valence-corrected chi connectivity index (χ2v) is 3.47. The number of ether oxygens (including phenoxy) is 1. The highest BCUT2D eigenvalue weighted by Crippen LogP contribution is 2.29. The smallest absolute Gasteiger partial charge is 0.339 e. The summed E-state index contributed by atoms with van der Waals surface area (Å²) in [5.74, 6) is -0.207. The Bertz CT molecular complexity index is 390. The van der Waals surface area contributed by atoms with Crippen molar-refractivity contribution in [1.82, 2.24) is 0 Å². The maximum atomic E-state index is 11.5. The number of hydrogen-bond acceptors (Lipinski definition) is 2. The lowest BCUT2D eigenvalue weighted by atomic mass is 10.0. The molecule has 0 N–H and O–H groups in total. The third kappa shape index (κ3) is 1.33. The van der Waals surface area contributed by atoms with Crippen molar-refractivity contribution < 1.29 is 9.53 Å². The van der Waals surface area contributed by atoms with E-state index in [0.29, 0.717) is 0 Å². The van der Waals surface area contributed by atoms with Crippen molar-refractivity contribution >= 4 is 11.5 Å². The van der Waals surface area contributed by atoms with Crippen molar-refractivity contribution in [2.75, 3.05) is 0 Å². The molecule has 1 aromatic carbocycles. The van der Waals surface area contributed by atoms with Crippen LogP contribution in [0.5, 0.6) is 0 Å². The molecular formula is C12H12O2. The van der Waals surface area contributed by atoms with Gasteiger partial charge in [0.1, 0.15) is 6.10 Å². The van der Waals surface area contributed by atoms with Gasteiger partial charge in [0.05, 0.1) is 5.57 Å². The summed E-state index contributed by atoms with van der Waals surface area (Å²) in [7, 11) is 0. The van der Waals surface area contributed by atoms with Crippen LogP contribution in [0.15, 0.2) is 35.9 Å². The van der Waals surface area contributed by atoms with E-state index < -0.39 is 0 Å². The van der Waals surface area contributed by atoms with Gasteiger partial charge < -0.3 is 4.74 Å². The number of carbonyl (C=O) groups excluding carboxylic acids is 1. The predicted octanol–water partition coefficient (Wildman–Crippen LogP) is 2.41. The molecule has 2 rings (SSSR count). The average Bonchev–Trinajstić information content (AvgIpc) is 2.43. The van der Waals surface area contributed by atoms with Crippen LogP contribution in [0.3, 0.4) is 0 Å². The third-order valence-corrected chi connectivity index (χ3v) is 2.55. The molecule has 0 saturated heterocycles. The molecule has 2 heteroatoms. The van der Waals surface area contributed by atoms with E-state index in [4.69, 9.17) is 4.74 Å². The van der Waals surface area contributed by atoms with Gasteiger partial charge in [-0.25, -0.2) is 4.79 Å². The van der Waals surface area contributed by atoms with Crippen molar-refractivity contribution in [3.05, 3.63) is 41.5 Å². The quantitative estimate of drug-likeness (QED) is 0.632. The fourth-order valence-corrected chi connectivity index (χ4v) is 1.62. The van der Waals surface area contributed by atoms with Crippen LogP contribution in [0, 0.1) is 0 Å². The summed E-state index contributed by atoms with van der Waals surface area (Å²) in [4.78, 5) is 11.5. The number of rotatable bonds is 1. The Morgan fingerprint density at radius 2 is 1.86 bits per heavy atom. The molecular weight excluding hydrogens is 176 g/mol. The van der Waals surface area contributed by atoms with Gasteiger partial charge in [-0.05, 0) is 25.0 Å². The topological polar surface area (TPSA) is 26.3 Å². The van der Waals surface area contributed by atoms with Gasteiger partial charge >= 0.3 is 5.97 Å². The Morgan fingerprint density at radius 3 is 2.36 bits per heavy atom. The van der Waals surface area contributed by atoms with Crippen molar-refractivity contribution in [1.29, 1.82) is 0 Å². The van der Waals surface area contributed by atoms with Gasteiger partial charge in [0, 0.05) is 0 Å². The molecule has 1 heterocycles. The largest absolute Gasteiger partial charge is 0.455 e. The first kappa shape index (κ1) is 9.00. The molecule has 0 aromatic heterocycles. The zero-order valence-corrected chi connectivity index (χ0v) is 8.28. The Morgan fingerprint density at radius 1 is 1.21 bits per heavy atom. The molecule has 72 valence electrons. The van der Waals surface area contributed by atoms with Crippen molar-refractivity contribution in [2.24, 2.45) is 0 Å². The maximum Gasteiger partial charge on any atom is 0.339 e. The van der Waals surface area contributed by atoms with E-state index in [1.807, 2.05) is 44.2 Å². The van der Waals surface area contributed by atoms with E-state index in [9.17, 15) is 4.79 Å². The minimum absolute atomic E-state index is 0.0855. The Balaban J connectivity index is 2.49. The summed E-state index contributed by atoms with van der Waals surface area (Å²) in [5.41, 5.74) is 2.68. The van der Waals surface area contributed by atoms with Gasteiger partial charge in [-0.1, -0.05) is 30.3 Å². The van der Waals surface area contributed by atoms with Gasteiger partial charge in [-0.3, -0.25) is 0 Å². The average molecular weight is 188 g/mol. The maximum absolute atomic E-state index is 11.5. The van der Waals surface area contributed by atoms with Gasteiger partial charge in [-0.2, -0.15) is 0 Å². The van der Waals surface area contributed by atoms with Crippen molar-refractivity contribution in [3.63, 3.8) is 0 Å². The summed E-state index contributed by atoms with van der Waals surface area (Å²) in [6.45, 7) is 3.83. The third-order valence-electron chi connectivity index (χ3n) is 2.55. The molecule has 0 fully saturated rings. The van der Waals surface area contributed by atoms with E-state index in [-0.39, 0.29) is 12.1 Å². The van der Waals surface area contributed by atoms with Crippen LogP contribution in [-0.4, -0.2) is 12.1 Å². The van der Waals surface area contributed by atoms with Crippen LogP contribution < -0.4 is 0 Å². The van der Waals surface area contributed by atoms with Crippen molar-refractivity contribution in [2.45, 2.75) is 20.0 Å². The Kier molecular flexibility index (Phi) is 2.12. The molecule has 0 spiro atoms. The van der Waals surface area contributed by atoms with Gasteiger partial charge in [-0.15, -0.1) is 0 Å². The zero-order chi connectivity index (χ0) is 10.1. The van der Waals surface area contributed by atoms with Crippen LogP contribution in [0.1, 0.15) is 19.4 Å². The molecule has 0 aliphatic carbocycles. The first-order valence-electron chi connectivity index (χ1n) is 4.67. The van der Waals surface area contributed by atoms with Gasteiger partial charge in [0.15, 0.2) is 0 Å². The zero-order valence-electron chi connectivity index (χ0n) is 8.28. The Labute approximate surface area is 83.2 Å². The first-order valence-corrected chi connectivity index (χ1v) is 4.67. The van der Waals surface area contributed by atoms with Crippen LogP contribution >= 0.6 is 0 Å². The highest BCUT2D eigenvalue weighted by Gasteiger charge is 2.28. The number of benzene rings is 1. The molecule has 1 atom stereocenters. The molecule has 0 bridgehead atoms. The predicted molar refractivity (Wildman–Crippen MR) is 54.6 cm³/mol. The van der Waals surface area contributed by atoms with E-state index in [0.717, 1.165) is 16.7 Å². The summed E-state index contributed by atoms with van der Waals surface area (Å²) in [5, 5.41) is 0. The van der Waals surface area contributed by atoms with Gasteiger partial charge in [0.25, 0.3) is 0 Å². The van der Waals surface area contributed by atoms with Crippen molar-refractivity contribution in [3.8, 4) is 0 Å². The highest BCUT2D eigenvalue weighted by molar-refractivity contribution is 6.19. The minimum atomic E-state index is -0.207. The summed E-state index contributed by atoms with van der Waals surface area (Å²) in [6.07, 6.45) is -0.0855. The van der Waals surface area contributed by atoms with E-state index in [2.05, 4.69) is 0 Å². The van der Waals surface area contributed by atoms with Crippen LogP contribution in [0.4, 0.5) is 0 Å². The van der Waals surface area contributed by atoms with E-state index in [1.54, 1.807) is 0 Å². The molecule has 1 aromatic rings. The molecule has 1 aliphatic rings. The number of cyclic esters (lactones) is 1. The van der Waals surface area contributed by atoms with E-state index in [1.165, 1.54) is 0 Å². The molecule has 0 amide bonds. The molecule has 2 nitrogen and oxygen atoms in total. The SMILES string of the molecule is CC1=C(c2ccccc2)C(=O)OC1C. The lowest BCUT2D eigenvalue weighted by molar-refractivity contribution is -0.137. The molecule has 1 unspecified atom stereocenters. The number of hydrogen-bond donors (Lipinski definition) is 0. The summed E-state index contributed by atoms with van der Waals surface area (Å²) < 4.78 is 5.13. The second-order valence-electron chi connectivity index (χ2n) is 3.47. The second kappa shape index (κ2) is 3.29. The molecule has 0 saturated carbocycles. The monoisotopic (exact) mass is 188 g/mol. The highest BCUT2D eigenvalue weighted by atomic mass is 16.5. The molecule has 14 heavy (non-hydrogen) atoms. The molecule has 1 aliphatic heterocycles. The first-order chi connectivity index (χ1) is 6.70. The summed E-state index contributed by atoms with van der Waals surface area (Å²) in [6, 6.07) is 9.64. The Hall–Kier alpha value is -1.57. The van der Waals surface area contributed by atoms with Crippen LogP contribution in [0.25, 0.3) is 5.57 Å². The van der Waals surface area contributed by atoms with Gasteiger partial charge in [0.2, 0.25) is 0 Å². The lowest BCUT2D eigenvalue weighted by Crippen LogP contribution is -2.04. The van der Waals surface area contributed by atoms with E-state index >= 15 is 0 Å². The lowest BCUT2D eigenvalue weighted by Gasteiger charge is -2.00. The minimum Gasteiger partial charge on any atom is -0.455 e. The standard InChI is InChI=1S/C12H12O2/c1-8-9(2)14-12(13)11(8)10-6-4-3-5-7-10/h3-7,9H,1-2H3. The fourth-order valence-electron chi connectivity index (χ4n) is 1.62. The number of carbonyl (C=O) groups is 1. The fraction of sp³-hybridized carbons (Fsp3) is 0.250. The number of esters is 1. The summed E-state index contributed by atoms with van der Waals surface area (Å²) >= 11 is 0. The van der Waals surface area contributed by atoms with Crippen LogP contribution in [-0.2, 0) is 9.53 Å². The van der Waals surface area contributed by atoms with Crippen LogP contribution in [0.2, 0.25) is 0 Å². The molecule has 0 radical (unpaired) electrons.